The molecule has 1 heterocycles. The van der Waals surface area contributed by atoms with E-state index in [0.29, 0.717) is 23.7 Å². The Hall–Kier alpha value is -3.86. The molecule has 2 amide bonds. The van der Waals surface area contributed by atoms with Gasteiger partial charge in [0.05, 0.1) is 11.2 Å². The monoisotopic (exact) mass is 369 g/mol. The smallest absolute Gasteiger partial charge is 0.323 e. The molecular weight excluding hydrogens is 350 g/mol. The van der Waals surface area contributed by atoms with Crippen molar-refractivity contribution in [1.29, 1.82) is 0 Å². The Balaban J connectivity index is 1.41. The third kappa shape index (κ3) is 4.27. The number of ether oxygens (including phenoxy) is 1. The molecule has 0 atom stereocenters. The minimum atomic E-state index is -0.323. The molecule has 0 aliphatic heterocycles. The molecule has 0 radical (unpaired) electrons. The Bertz CT molecular complexity index is 1090. The number of para-hydroxylation sites is 1. The van der Waals surface area contributed by atoms with Crippen molar-refractivity contribution in [3.8, 4) is 5.75 Å². The fourth-order valence-electron chi connectivity index (χ4n) is 2.89. The minimum Gasteiger partial charge on any atom is -0.489 e. The predicted molar refractivity (Wildman–Crippen MR) is 112 cm³/mol. The van der Waals surface area contributed by atoms with Gasteiger partial charge in [-0.3, -0.25) is 4.98 Å². The van der Waals surface area contributed by atoms with Gasteiger partial charge in [0.1, 0.15) is 12.4 Å². The summed E-state index contributed by atoms with van der Waals surface area (Å²) < 4.78 is 5.81. The Kier molecular flexibility index (Phi) is 5.15. The lowest BCUT2D eigenvalue weighted by atomic mass is 10.2. The van der Waals surface area contributed by atoms with Crippen LogP contribution in [0.1, 0.15) is 5.56 Å². The topological polar surface area (TPSA) is 63.2 Å². The van der Waals surface area contributed by atoms with E-state index < -0.39 is 0 Å². The molecule has 0 saturated heterocycles. The number of nitrogens with one attached hydrogen (secondary N) is 2. The average molecular weight is 369 g/mol. The summed E-state index contributed by atoms with van der Waals surface area (Å²) in [5, 5.41) is 6.61. The predicted octanol–water partition coefficient (Wildman–Crippen LogP) is 5.46. The van der Waals surface area contributed by atoms with Crippen molar-refractivity contribution in [1.82, 2.24) is 4.98 Å². The highest BCUT2D eigenvalue weighted by Gasteiger charge is 2.07. The first kappa shape index (κ1) is 17.5. The van der Waals surface area contributed by atoms with Crippen molar-refractivity contribution in [3.63, 3.8) is 0 Å². The first-order valence-corrected chi connectivity index (χ1v) is 8.96. The standard InChI is InChI=1S/C23H19N3O2/c27-23(26-22-13-14-24-21-12-5-4-11-20(21)22)25-18-9-6-10-19(15-18)28-16-17-7-2-1-3-8-17/h1-15H,16H2,(H2,24,25,26,27). The van der Waals surface area contributed by atoms with E-state index in [2.05, 4.69) is 15.6 Å². The van der Waals surface area contributed by atoms with E-state index in [0.717, 1.165) is 16.5 Å². The Morgan fingerprint density at radius 2 is 1.68 bits per heavy atom. The van der Waals surface area contributed by atoms with Gasteiger partial charge in [-0.25, -0.2) is 4.79 Å². The number of benzene rings is 3. The van der Waals surface area contributed by atoms with Gasteiger partial charge >= 0.3 is 6.03 Å². The molecule has 4 rings (SSSR count). The molecule has 5 heteroatoms. The van der Waals surface area contributed by atoms with E-state index in [1.165, 1.54) is 0 Å². The fourth-order valence-corrected chi connectivity index (χ4v) is 2.89. The second kappa shape index (κ2) is 8.22. The Labute approximate surface area is 163 Å². The van der Waals surface area contributed by atoms with Crippen LogP contribution in [0.3, 0.4) is 0 Å². The largest absolute Gasteiger partial charge is 0.489 e. The van der Waals surface area contributed by atoms with Crippen LogP contribution in [0.25, 0.3) is 10.9 Å². The number of aromatic nitrogens is 1. The summed E-state index contributed by atoms with van der Waals surface area (Å²) in [6.07, 6.45) is 1.68. The summed E-state index contributed by atoms with van der Waals surface area (Å²) in [4.78, 5) is 16.7. The number of pyridine rings is 1. The quantitative estimate of drug-likeness (QED) is 0.491. The molecule has 0 aliphatic carbocycles. The molecule has 0 aliphatic rings. The van der Waals surface area contributed by atoms with E-state index in [1.807, 2.05) is 72.8 Å². The number of rotatable bonds is 5. The van der Waals surface area contributed by atoms with Crippen LogP contribution in [-0.2, 0) is 6.61 Å². The normalized spacial score (nSPS) is 10.4. The van der Waals surface area contributed by atoms with E-state index in [9.17, 15) is 4.79 Å². The molecule has 0 fully saturated rings. The Morgan fingerprint density at radius 3 is 2.57 bits per heavy atom. The highest BCUT2D eigenvalue weighted by atomic mass is 16.5. The summed E-state index contributed by atoms with van der Waals surface area (Å²) in [6.45, 7) is 0.472. The maximum absolute atomic E-state index is 12.4. The van der Waals surface area contributed by atoms with Gasteiger partial charge in [0, 0.05) is 23.3 Å². The van der Waals surface area contributed by atoms with E-state index in [4.69, 9.17) is 4.74 Å². The number of fused-ring (bicyclic) bond motifs is 1. The molecule has 4 aromatic rings. The van der Waals surface area contributed by atoms with Gasteiger partial charge in [-0.2, -0.15) is 0 Å². The van der Waals surface area contributed by atoms with Gasteiger partial charge in [0.25, 0.3) is 0 Å². The van der Waals surface area contributed by atoms with Crippen LogP contribution in [0.2, 0.25) is 0 Å². The second-order valence-electron chi connectivity index (χ2n) is 6.26. The lowest BCUT2D eigenvalue weighted by Crippen LogP contribution is -2.19. The van der Waals surface area contributed by atoms with Crippen molar-refractivity contribution in [2.75, 3.05) is 10.6 Å². The summed E-state index contributed by atoms with van der Waals surface area (Å²) in [5.74, 6) is 0.691. The number of carbonyl (C=O) groups is 1. The van der Waals surface area contributed by atoms with Gasteiger partial charge in [0.2, 0.25) is 0 Å². The molecule has 1 aromatic heterocycles. The molecular formula is C23H19N3O2. The molecule has 0 unspecified atom stereocenters. The van der Waals surface area contributed by atoms with E-state index in [-0.39, 0.29) is 6.03 Å². The van der Waals surface area contributed by atoms with Gasteiger partial charge in [-0.15, -0.1) is 0 Å². The van der Waals surface area contributed by atoms with Crippen molar-refractivity contribution in [3.05, 3.63) is 96.7 Å². The average Bonchev–Trinajstić information content (AvgIpc) is 2.73. The zero-order valence-electron chi connectivity index (χ0n) is 15.1. The van der Waals surface area contributed by atoms with Gasteiger partial charge in [-0.05, 0) is 29.8 Å². The zero-order valence-corrected chi connectivity index (χ0v) is 15.1. The van der Waals surface area contributed by atoms with Crippen LogP contribution in [0.5, 0.6) is 5.75 Å². The molecule has 0 spiro atoms. The third-order valence-electron chi connectivity index (χ3n) is 4.24. The first-order valence-electron chi connectivity index (χ1n) is 8.96. The van der Waals surface area contributed by atoms with Gasteiger partial charge in [0.15, 0.2) is 0 Å². The van der Waals surface area contributed by atoms with Crippen LogP contribution in [0.4, 0.5) is 16.2 Å². The van der Waals surface area contributed by atoms with Crippen LogP contribution >= 0.6 is 0 Å². The number of urea groups is 1. The molecule has 0 saturated carbocycles. The van der Waals surface area contributed by atoms with Crippen LogP contribution in [-0.4, -0.2) is 11.0 Å². The van der Waals surface area contributed by atoms with Crippen molar-refractivity contribution >= 4 is 28.3 Å². The minimum absolute atomic E-state index is 0.323. The second-order valence-corrected chi connectivity index (χ2v) is 6.26. The van der Waals surface area contributed by atoms with Crippen LogP contribution in [0, 0.1) is 0 Å². The number of carbonyl (C=O) groups excluding carboxylic acids is 1. The van der Waals surface area contributed by atoms with E-state index in [1.54, 1.807) is 18.3 Å². The van der Waals surface area contributed by atoms with Gasteiger partial charge in [-0.1, -0.05) is 54.6 Å². The summed E-state index contributed by atoms with van der Waals surface area (Å²) in [7, 11) is 0. The van der Waals surface area contributed by atoms with Crippen molar-refractivity contribution in [2.45, 2.75) is 6.61 Å². The molecule has 3 aromatic carbocycles. The van der Waals surface area contributed by atoms with E-state index >= 15 is 0 Å². The molecule has 2 N–H and O–H groups in total. The fraction of sp³-hybridized carbons (Fsp3) is 0.0435. The van der Waals surface area contributed by atoms with Gasteiger partial charge < -0.3 is 15.4 Å². The molecule has 28 heavy (non-hydrogen) atoms. The Morgan fingerprint density at radius 1 is 0.857 bits per heavy atom. The number of hydrogen-bond donors (Lipinski definition) is 2. The van der Waals surface area contributed by atoms with Crippen molar-refractivity contribution < 1.29 is 9.53 Å². The summed E-state index contributed by atoms with van der Waals surface area (Å²) in [6, 6.07) is 26.4. The summed E-state index contributed by atoms with van der Waals surface area (Å²) in [5.41, 5.74) is 3.28. The lowest BCUT2D eigenvalue weighted by molar-refractivity contribution is 0.262. The highest BCUT2D eigenvalue weighted by molar-refractivity contribution is 6.05. The molecule has 0 bridgehead atoms. The number of amides is 2. The number of nitrogens with zero attached hydrogens (tertiary/aromatic N) is 1. The zero-order chi connectivity index (χ0) is 19.2. The first-order chi connectivity index (χ1) is 13.8. The maximum atomic E-state index is 12.4. The van der Waals surface area contributed by atoms with Crippen LogP contribution in [0.15, 0.2) is 91.1 Å². The van der Waals surface area contributed by atoms with Crippen molar-refractivity contribution in [2.24, 2.45) is 0 Å². The SMILES string of the molecule is O=C(Nc1cccc(OCc2ccccc2)c1)Nc1ccnc2ccccc12. The maximum Gasteiger partial charge on any atom is 0.323 e. The number of anilines is 2. The summed E-state index contributed by atoms with van der Waals surface area (Å²) >= 11 is 0. The molecule has 5 nitrogen and oxygen atoms in total. The van der Waals surface area contributed by atoms with Crippen LogP contribution < -0.4 is 15.4 Å². The third-order valence-corrected chi connectivity index (χ3v) is 4.24. The highest BCUT2D eigenvalue weighted by Crippen LogP contribution is 2.22. The molecule has 138 valence electrons. The number of hydrogen-bond acceptors (Lipinski definition) is 3. The lowest BCUT2D eigenvalue weighted by Gasteiger charge is -2.11.